The zero-order valence-corrected chi connectivity index (χ0v) is 37.3. The van der Waals surface area contributed by atoms with Crippen LogP contribution in [0.1, 0.15) is 39.1 Å². The highest BCUT2D eigenvalue weighted by atomic mass is 32.2. The number of halogens is 3. The predicted molar refractivity (Wildman–Crippen MR) is 226 cm³/mol. The fourth-order valence-electron chi connectivity index (χ4n) is 5.77. The van der Waals surface area contributed by atoms with Crippen molar-refractivity contribution < 1.29 is 78.7 Å². The number of nitrogens with one attached hydrogen (secondary N) is 3. The summed E-state index contributed by atoms with van der Waals surface area (Å²) >= 11 is 0. The lowest BCUT2D eigenvalue weighted by molar-refractivity contribution is -0.140. The second kappa shape index (κ2) is 27.2. The second-order valence-corrected chi connectivity index (χ2v) is 14.8. The van der Waals surface area contributed by atoms with Gasteiger partial charge in [0.1, 0.15) is 42.2 Å². The highest BCUT2D eigenvalue weighted by Gasteiger charge is 2.42. The van der Waals surface area contributed by atoms with Crippen LogP contribution in [0.25, 0.3) is 0 Å². The summed E-state index contributed by atoms with van der Waals surface area (Å²) in [5.74, 6) is -2.58. The summed E-state index contributed by atoms with van der Waals surface area (Å²) in [7, 11) is 1.43. The Morgan fingerprint density at radius 2 is 1.53 bits per heavy atom. The van der Waals surface area contributed by atoms with Crippen molar-refractivity contribution in [3.63, 3.8) is 0 Å². The van der Waals surface area contributed by atoms with Gasteiger partial charge in [-0.2, -0.15) is 32.7 Å². The van der Waals surface area contributed by atoms with Crippen molar-refractivity contribution in [3.05, 3.63) is 64.8 Å². The summed E-state index contributed by atoms with van der Waals surface area (Å²) in [5, 5.41) is 9.02. The van der Waals surface area contributed by atoms with E-state index in [1.54, 1.807) is 0 Å². The number of nitrogens with zero attached hydrogens (tertiary/aromatic N) is 5. The third kappa shape index (κ3) is 15.1. The van der Waals surface area contributed by atoms with Crippen molar-refractivity contribution in [2.45, 2.75) is 30.0 Å². The van der Waals surface area contributed by atoms with E-state index in [9.17, 15) is 45.6 Å². The molecule has 1 aliphatic rings. The fourth-order valence-corrected chi connectivity index (χ4v) is 7.02. The number of fused-ring (bicyclic) bond motifs is 1. The summed E-state index contributed by atoms with van der Waals surface area (Å²) in [4.78, 5) is 68.1. The highest BCUT2D eigenvalue weighted by Crippen LogP contribution is 2.39. The maximum absolute atomic E-state index is 14.0. The summed E-state index contributed by atoms with van der Waals surface area (Å²) in [6.07, 6.45) is -2.89. The molecule has 1 unspecified atom stereocenters. The number of rotatable bonds is 28. The molecule has 0 aliphatic carbocycles. The van der Waals surface area contributed by atoms with Gasteiger partial charge in [-0.3, -0.25) is 19.3 Å². The third-order valence-corrected chi connectivity index (χ3v) is 10.1. The molecule has 0 bridgehead atoms. The fraction of sp³-hybridized carbons (Fsp3) is 0.450. The molecule has 1 aliphatic heterocycles. The number of aldehydes is 2. The maximum atomic E-state index is 14.0. The van der Waals surface area contributed by atoms with Gasteiger partial charge in [0.15, 0.2) is 17.8 Å². The predicted octanol–water partition coefficient (Wildman–Crippen LogP) is 0.822. The number of methoxy groups -OCH3 is 2. The number of carbonyl (C=O) groups excluding carboxylic acids is 5. The van der Waals surface area contributed by atoms with E-state index in [2.05, 4.69) is 32.4 Å². The average Bonchev–Trinajstić information content (AvgIpc) is 3.55. The molecule has 1 atom stereocenters. The molecule has 0 fully saturated rings. The van der Waals surface area contributed by atoms with Gasteiger partial charge in [0.25, 0.3) is 17.7 Å². The van der Waals surface area contributed by atoms with Gasteiger partial charge < -0.3 is 53.4 Å². The van der Waals surface area contributed by atoms with Gasteiger partial charge in [0.05, 0.1) is 82.8 Å². The molecule has 4 rings (SSSR count). The topological polar surface area (TPSA) is 266 Å². The number of amides is 3. The smallest absolute Gasteiger partial charge is 0.417 e. The van der Waals surface area contributed by atoms with E-state index < -0.39 is 69.4 Å². The van der Waals surface area contributed by atoms with Crippen LogP contribution in [-0.2, 0) is 44.8 Å². The number of imide groups is 1. The first-order valence-corrected chi connectivity index (χ1v) is 21.2. The first-order chi connectivity index (χ1) is 31.6. The van der Waals surface area contributed by atoms with E-state index in [1.807, 2.05) is 18.8 Å². The molecule has 0 radical (unpaired) electrons. The number of carbonyl (C=O) groups is 5. The molecule has 2 aromatic carbocycles. The molecular weight excluding hydrogens is 906 g/mol. The average molecular weight is 957 g/mol. The van der Waals surface area contributed by atoms with Crippen LogP contribution >= 0.6 is 0 Å². The van der Waals surface area contributed by atoms with Crippen LogP contribution in [0.2, 0.25) is 0 Å². The van der Waals surface area contributed by atoms with Crippen LogP contribution < -0.4 is 39.8 Å². The van der Waals surface area contributed by atoms with E-state index in [1.165, 1.54) is 38.6 Å². The molecule has 22 nitrogen and oxygen atoms in total. The zero-order chi connectivity index (χ0) is 48.7. The number of hydrogen-bond donors (Lipinski definition) is 3. The van der Waals surface area contributed by atoms with Gasteiger partial charge in [-0.1, -0.05) is 12.1 Å². The molecule has 26 heteroatoms. The number of hydrogen-bond acceptors (Lipinski definition) is 18. The summed E-state index contributed by atoms with van der Waals surface area (Å²) < 4.78 is 109. The third-order valence-electron chi connectivity index (χ3n) is 8.61. The molecule has 0 saturated carbocycles. The van der Waals surface area contributed by atoms with Gasteiger partial charge in [0, 0.05) is 19.7 Å². The standard InChI is InChI=1S/C38H44F3N7O14S.C2H7N/c1-42-48-34(30(56-2)21-44-37(48)57-3)45-24-46-63(54,55)33-27(38(39,40)41)9-5-11-29(33)61-20-19-60-18-17-59-16-15-58-14-12-43-31(51)23-62-28-10-4-8-26-32(28)36(53)47(35(26)52)25(22-50)7-6-13-49;1-3-2/h4-5,8-11,13,21-22,25,46H,1,6-7,12,14-20,23-24H2,2-3H3,(H,43,51);3H,1-2H3/b45-34-;. The van der Waals surface area contributed by atoms with Crippen LogP contribution in [-0.4, -0.2) is 160 Å². The molecule has 0 spiro atoms. The summed E-state index contributed by atoms with van der Waals surface area (Å²) in [6.45, 7) is 2.35. The zero-order valence-electron chi connectivity index (χ0n) is 36.5. The Bertz CT molecular complexity index is 2320. The van der Waals surface area contributed by atoms with Crippen molar-refractivity contribution in [3.8, 4) is 23.3 Å². The Hall–Kier alpha value is -6.32. The summed E-state index contributed by atoms with van der Waals surface area (Å²) in [6, 6.07) is 5.73. The molecule has 0 saturated heterocycles. The molecule has 362 valence electrons. The van der Waals surface area contributed by atoms with E-state index in [0.29, 0.717) is 18.6 Å². The van der Waals surface area contributed by atoms with Gasteiger partial charge in [-0.15, -0.1) is 0 Å². The SMILES string of the molecule is C=Nn1c(OC)ncc(OC)/c1=N/CNS(=O)(=O)c1c(OCCOCCOCCOCCNC(=O)COc2cccc3c2C(=O)N(C(C=O)CCC=O)C3=O)cccc1C(F)(F)F.CNC. The van der Waals surface area contributed by atoms with E-state index in [4.69, 9.17) is 33.2 Å². The monoisotopic (exact) mass is 956 g/mol. The van der Waals surface area contributed by atoms with Gasteiger partial charge in [-0.05, 0) is 44.8 Å². The minimum atomic E-state index is -5.07. The number of sulfonamides is 1. The van der Waals surface area contributed by atoms with Crippen molar-refractivity contribution in [2.24, 2.45) is 10.1 Å². The van der Waals surface area contributed by atoms with Crippen molar-refractivity contribution >= 4 is 47.0 Å². The van der Waals surface area contributed by atoms with E-state index >= 15 is 0 Å². The lowest BCUT2D eigenvalue weighted by Gasteiger charge is -2.20. The Morgan fingerprint density at radius 3 is 2.14 bits per heavy atom. The Labute approximate surface area is 377 Å². The Morgan fingerprint density at radius 1 is 0.894 bits per heavy atom. The van der Waals surface area contributed by atoms with Crippen LogP contribution in [0.15, 0.2) is 57.6 Å². The van der Waals surface area contributed by atoms with Crippen molar-refractivity contribution in [2.75, 3.05) is 94.4 Å². The summed E-state index contributed by atoms with van der Waals surface area (Å²) in [5.41, 5.74) is -1.64. The first kappa shape index (κ1) is 54.0. The van der Waals surface area contributed by atoms with Crippen LogP contribution in [0.5, 0.6) is 23.3 Å². The molecule has 1 aromatic heterocycles. The first-order valence-electron chi connectivity index (χ1n) is 19.8. The number of aromatic nitrogens is 2. The minimum Gasteiger partial charge on any atom is -0.491 e. The van der Waals surface area contributed by atoms with Crippen molar-refractivity contribution in [1.29, 1.82) is 0 Å². The quantitative estimate of drug-likeness (QED) is 0.0394. The molecule has 3 N–H and O–H groups in total. The lowest BCUT2D eigenvalue weighted by atomic mass is 10.1. The number of ether oxygens (including phenoxy) is 7. The molecule has 3 amide bonds. The van der Waals surface area contributed by atoms with Gasteiger partial charge in [-0.25, -0.2) is 13.4 Å². The van der Waals surface area contributed by atoms with E-state index in [0.717, 1.165) is 21.7 Å². The van der Waals surface area contributed by atoms with E-state index in [-0.39, 0.29) is 99.8 Å². The van der Waals surface area contributed by atoms with Crippen molar-refractivity contribution in [1.82, 2.24) is 29.9 Å². The number of alkyl halides is 3. The molecule has 2 heterocycles. The Balaban J connectivity index is 0.00000375. The highest BCUT2D eigenvalue weighted by molar-refractivity contribution is 7.89. The molecule has 3 aromatic rings. The molecular formula is C40H51F3N8O14S. The van der Waals surface area contributed by atoms with Crippen LogP contribution in [0.4, 0.5) is 13.2 Å². The normalized spacial score (nSPS) is 13.0. The number of benzene rings is 2. The van der Waals surface area contributed by atoms with Gasteiger partial charge >= 0.3 is 12.2 Å². The maximum Gasteiger partial charge on any atom is 0.417 e. The largest absolute Gasteiger partial charge is 0.491 e. The molecule has 66 heavy (non-hydrogen) atoms. The lowest BCUT2D eigenvalue weighted by Crippen LogP contribution is -2.41. The van der Waals surface area contributed by atoms with Gasteiger partial charge in [0.2, 0.25) is 10.0 Å². The minimum absolute atomic E-state index is 0.0104. The van der Waals surface area contributed by atoms with Crippen LogP contribution in [0.3, 0.4) is 0 Å². The Kier molecular flexibility index (Phi) is 22.3. The second-order valence-electron chi connectivity index (χ2n) is 13.1. The van der Waals surface area contributed by atoms with Crippen LogP contribution in [0, 0.1) is 0 Å².